The van der Waals surface area contributed by atoms with Gasteiger partial charge in [0.2, 0.25) is 0 Å². The molecule has 1 amide bonds. The minimum Gasteiger partial charge on any atom is -0.292 e. The fraction of sp³-hybridized carbons (Fsp3) is 0.481. The van der Waals surface area contributed by atoms with Crippen LogP contribution in [-0.2, 0) is 4.79 Å². The van der Waals surface area contributed by atoms with Crippen molar-refractivity contribution in [2.45, 2.75) is 71.4 Å². The smallest absolute Gasteiger partial charge is 0.257 e. The molecule has 0 radical (unpaired) electrons. The van der Waals surface area contributed by atoms with Crippen LogP contribution in [0.2, 0.25) is 5.02 Å². The Bertz CT molecular complexity index is 996. The fourth-order valence-electron chi connectivity index (χ4n) is 5.01. The molecular weight excluding hydrogens is 418 g/mol. The highest BCUT2D eigenvalue weighted by atomic mass is 35.5. The van der Waals surface area contributed by atoms with E-state index in [-0.39, 0.29) is 11.9 Å². The van der Waals surface area contributed by atoms with E-state index >= 15 is 0 Å². The summed E-state index contributed by atoms with van der Waals surface area (Å²) in [6.07, 6.45) is 6.88. The molecule has 2 aromatic rings. The molecule has 170 valence electrons. The predicted molar refractivity (Wildman–Crippen MR) is 132 cm³/mol. The van der Waals surface area contributed by atoms with Crippen LogP contribution in [0.4, 0.5) is 0 Å². The monoisotopic (exact) mass is 451 g/mol. The molecule has 1 unspecified atom stereocenters. The van der Waals surface area contributed by atoms with Gasteiger partial charge < -0.3 is 0 Å². The van der Waals surface area contributed by atoms with Crippen LogP contribution >= 0.6 is 11.6 Å². The van der Waals surface area contributed by atoms with Crippen LogP contribution in [0, 0.1) is 13.8 Å². The first-order valence-corrected chi connectivity index (χ1v) is 12.3. The van der Waals surface area contributed by atoms with Crippen molar-refractivity contribution in [2.24, 2.45) is 5.10 Å². The molecule has 4 nitrogen and oxygen atoms in total. The second kappa shape index (κ2) is 10.2. The molecule has 1 fully saturated rings. The molecule has 5 heteroatoms. The van der Waals surface area contributed by atoms with E-state index < -0.39 is 0 Å². The van der Waals surface area contributed by atoms with E-state index in [0.29, 0.717) is 24.0 Å². The molecule has 0 spiro atoms. The highest BCUT2D eigenvalue weighted by Gasteiger charge is 2.35. The topological polar surface area (TPSA) is 35.9 Å². The molecule has 4 rings (SSSR count). The number of hydrazone groups is 1. The van der Waals surface area contributed by atoms with Crippen molar-refractivity contribution >= 4 is 23.2 Å². The van der Waals surface area contributed by atoms with Crippen molar-refractivity contribution in [3.05, 3.63) is 69.7 Å². The third-order valence-corrected chi connectivity index (χ3v) is 7.45. The number of nitrogens with zero attached hydrogens (tertiary/aromatic N) is 3. The lowest BCUT2D eigenvalue weighted by Gasteiger charge is -2.34. The minimum atomic E-state index is -0.169. The van der Waals surface area contributed by atoms with Crippen molar-refractivity contribution in [1.82, 2.24) is 9.91 Å². The molecule has 1 aliphatic carbocycles. The number of aryl methyl sites for hydroxylation is 2. The standard InChI is InChI=1S/C27H34ClN3O/c1-4-30(22-10-6-5-7-11-22)18-27(32)31-26(23-12-8-9-13-24(23)28)17-25(29-31)21-15-14-19(2)20(3)16-21/h8-9,12-16,22,26H,4-7,10-11,17-18H2,1-3H3. The summed E-state index contributed by atoms with van der Waals surface area (Å²) in [4.78, 5) is 15.9. The maximum atomic E-state index is 13.6. The molecule has 2 aromatic carbocycles. The predicted octanol–water partition coefficient (Wildman–Crippen LogP) is 6.29. The van der Waals surface area contributed by atoms with E-state index in [1.165, 1.54) is 43.2 Å². The molecule has 2 aliphatic rings. The Balaban J connectivity index is 1.62. The van der Waals surface area contributed by atoms with E-state index in [2.05, 4.69) is 43.9 Å². The lowest BCUT2D eigenvalue weighted by molar-refractivity contribution is -0.135. The minimum absolute atomic E-state index is 0.0566. The first-order chi connectivity index (χ1) is 15.5. The Morgan fingerprint density at radius 1 is 1.09 bits per heavy atom. The average Bonchev–Trinajstić information content (AvgIpc) is 3.25. The van der Waals surface area contributed by atoms with Gasteiger partial charge in [0.15, 0.2) is 0 Å². The summed E-state index contributed by atoms with van der Waals surface area (Å²) in [5.41, 5.74) is 5.49. The summed E-state index contributed by atoms with van der Waals surface area (Å²) in [5.74, 6) is 0.0566. The van der Waals surface area contributed by atoms with Crippen molar-refractivity contribution in [3.8, 4) is 0 Å². The summed E-state index contributed by atoms with van der Waals surface area (Å²) < 4.78 is 0. The second-order valence-corrected chi connectivity index (χ2v) is 9.59. The van der Waals surface area contributed by atoms with Crippen molar-refractivity contribution in [2.75, 3.05) is 13.1 Å². The molecule has 0 aromatic heterocycles. The summed E-state index contributed by atoms with van der Waals surface area (Å²) in [6.45, 7) is 7.68. The van der Waals surface area contributed by atoms with Gasteiger partial charge in [0.05, 0.1) is 18.3 Å². The number of likely N-dealkylation sites (N-methyl/N-ethyl adjacent to an activating group) is 1. The van der Waals surface area contributed by atoms with Gasteiger partial charge in [-0.25, -0.2) is 5.01 Å². The maximum Gasteiger partial charge on any atom is 0.257 e. The van der Waals surface area contributed by atoms with Crippen LogP contribution < -0.4 is 0 Å². The maximum absolute atomic E-state index is 13.6. The Labute approximate surface area is 197 Å². The van der Waals surface area contributed by atoms with Crippen LogP contribution in [0.1, 0.15) is 73.7 Å². The summed E-state index contributed by atoms with van der Waals surface area (Å²) in [6, 6.07) is 14.6. The Hall–Kier alpha value is -2.17. The van der Waals surface area contributed by atoms with Gasteiger partial charge in [0, 0.05) is 17.5 Å². The average molecular weight is 452 g/mol. The number of hydrogen-bond acceptors (Lipinski definition) is 3. The van der Waals surface area contributed by atoms with Gasteiger partial charge in [-0.3, -0.25) is 9.69 Å². The van der Waals surface area contributed by atoms with Crippen molar-refractivity contribution in [3.63, 3.8) is 0 Å². The van der Waals surface area contributed by atoms with Crippen LogP contribution in [0.5, 0.6) is 0 Å². The van der Waals surface area contributed by atoms with E-state index in [1.54, 1.807) is 5.01 Å². The highest BCUT2D eigenvalue weighted by Crippen LogP contribution is 2.36. The first-order valence-electron chi connectivity index (χ1n) is 11.9. The van der Waals surface area contributed by atoms with Gasteiger partial charge in [0.25, 0.3) is 5.91 Å². The van der Waals surface area contributed by atoms with E-state index in [4.69, 9.17) is 16.7 Å². The number of carbonyl (C=O) groups is 1. The number of amides is 1. The lowest BCUT2D eigenvalue weighted by Crippen LogP contribution is -2.44. The van der Waals surface area contributed by atoms with Crippen molar-refractivity contribution < 1.29 is 4.79 Å². The van der Waals surface area contributed by atoms with Crippen LogP contribution in [-0.4, -0.2) is 40.7 Å². The zero-order valence-corrected chi connectivity index (χ0v) is 20.2. The van der Waals surface area contributed by atoms with Crippen LogP contribution in [0.3, 0.4) is 0 Å². The molecule has 0 saturated heterocycles. The van der Waals surface area contributed by atoms with Gasteiger partial charge in [-0.2, -0.15) is 5.10 Å². The number of halogens is 1. The molecule has 0 bridgehead atoms. The van der Waals surface area contributed by atoms with Gasteiger partial charge in [-0.15, -0.1) is 0 Å². The molecule has 32 heavy (non-hydrogen) atoms. The SMILES string of the molecule is CCN(CC(=O)N1N=C(c2ccc(C)c(C)c2)CC1c1ccccc1Cl)C1CCCCC1. The quantitative estimate of drug-likeness (QED) is 0.517. The van der Waals surface area contributed by atoms with Gasteiger partial charge in [-0.05, 0) is 67.6 Å². The van der Waals surface area contributed by atoms with Gasteiger partial charge >= 0.3 is 0 Å². The number of carbonyl (C=O) groups excluding carboxylic acids is 1. The molecule has 1 heterocycles. The normalized spacial score (nSPS) is 19.5. The Morgan fingerprint density at radius 3 is 2.53 bits per heavy atom. The van der Waals surface area contributed by atoms with Crippen LogP contribution in [0.15, 0.2) is 47.6 Å². The number of benzene rings is 2. The summed E-state index contributed by atoms with van der Waals surface area (Å²) >= 11 is 6.57. The second-order valence-electron chi connectivity index (χ2n) is 9.18. The fourth-order valence-corrected chi connectivity index (χ4v) is 5.28. The molecule has 1 atom stereocenters. The van der Waals surface area contributed by atoms with E-state index in [1.807, 2.05) is 24.3 Å². The van der Waals surface area contributed by atoms with E-state index in [9.17, 15) is 4.79 Å². The first kappa shape index (κ1) is 23.0. The Kier molecular flexibility index (Phi) is 7.32. The van der Waals surface area contributed by atoms with Crippen molar-refractivity contribution in [1.29, 1.82) is 0 Å². The van der Waals surface area contributed by atoms with Gasteiger partial charge in [-0.1, -0.05) is 68.1 Å². The summed E-state index contributed by atoms with van der Waals surface area (Å²) in [5, 5.41) is 7.27. The molecule has 1 saturated carbocycles. The lowest BCUT2D eigenvalue weighted by atomic mass is 9.94. The highest BCUT2D eigenvalue weighted by molar-refractivity contribution is 6.31. The van der Waals surface area contributed by atoms with Gasteiger partial charge in [0.1, 0.15) is 0 Å². The van der Waals surface area contributed by atoms with E-state index in [0.717, 1.165) is 23.4 Å². The zero-order chi connectivity index (χ0) is 22.7. The molecule has 1 aliphatic heterocycles. The zero-order valence-electron chi connectivity index (χ0n) is 19.5. The summed E-state index contributed by atoms with van der Waals surface area (Å²) in [7, 11) is 0. The third kappa shape index (κ3) is 4.92. The third-order valence-electron chi connectivity index (χ3n) is 7.11. The molecular formula is C27H34ClN3O. The van der Waals surface area contributed by atoms with Crippen LogP contribution in [0.25, 0.3) is 0 Å². The number of rotatable bonds is 6. The Morgan fingerprint density at radius 2 is 1.84 bits per heavy atom. The largest absolute Gasteiger partial charge is 0.292 e. The number of hydrogen-bond donors (Lipinski definition) is 0. The molecule has 0 N–H and O–H groups in total.